The maximum Gasteiger partial charge on any atom is 0.132 e. The summed E-state index contributed by atoms with van der Waals surface area (Å²) >= 11 is 1.69. The van der Waals surface area contributed by atoms with Crippen molar-refractivity contribution in [2.45, 2.75) is 24.2 Å². The molecule has 3 nitrogen and oxygen atoms in total. The lowest BCUT2D eigenvalue weighted by atomic mass is 10.0. The summed E-state index contributed by atoms with van der Waals surface area (Å²) in [6, 6.07) is 8.06. The molecule has 0 saturated heterocycles. The molecule has 0 aliphatic heterocycles. The van der Waals surface area contributed by atoms with Gasteiger partial charge >= 0.3 is 0 Å². The van der Waals surface area contributed by atoms with Gasteiger partial charge in [-0.05, 0) is 31.2 Å². The van der Waals surface area contributed by atoms with E-state index in [1.54, 1.807) is 11.8 Å². The molecule has 3 N–H and O–H groups in total. The first-order valence-corrected chi connectivity index (χ1v) is 6.96. The van der Waals surface area contributed by atoms with Gasteiger partial charge in [-0.25, -0.2) is 0 Å². The van der Waals surface area contributed by atoms with E-state index < -0.39 is 0 Å². The quantitative estimate of drug-likeness (QED) is 0.463. The van der Waals surface area contributed by atoms with Crippen LogP contribution in [0, 0.1) is 10.8 Å². The topological polar surface area (TPSA) is 59.1 Å². The Morgan fingerprint density at radius 3 is 2.76 bits per heavy atom. The van der Waals surface area contributed by atoms with Gasteiger partial charge in [0.1, 0.15) is 5.75 Å². The predicted octanol–water partition coefficient (Wildman–Crippen LogP) is 2.89. The summed E-state index contributed by atoms with van der Waals surface area (Å²) in [5.41, 5.74) is 5.60. The maximum absolute atomic E-state index is 7.37. The summed E-state index contributed by atoms with van der Waals surface area (Å²) in [6.07, 6.45) is 4.95. The Morgan fingerprint density at radius 2 is 2.18 bits per heavy atom. The molecule has 1 aliphatic carbocycles. The molecular formula is C13H18N2OS. The van der Waals surface area contributed by atoms with Crippen LogP contribution in [-0.4, -0.2) is 18.7 Å². The lowest BCUT2D eigenvalue weighted by molar-refractivity contribution is 0.233. The van der Waals surface area contributed by atoms with E-state index in [2.05, 4.69) is 6.07 Å². The number of rotatable bonds is 6. The zero-order valence-electron chi connectivity index (χ0n) is 10.0. The molecule has 1 aromatic rings. The monoisotopic (exact) mass is 250 g/mol. The van der Waals surface area contributed by atoms with Crippen molar-refractivity contribution in [2.24, 2.45) is 11.1 Å². The third kappa shape index (κ3) is 3.16. The van der Waals surface area contributed by atoms with E-state index in [1.165, 1.54) is 0 Å². The van der Waals surface area contributed by atoms with E-state index in [1.807, 2.05) is 24.5 Å². The lowest BCUT2D eigenvalue weighted by Gasteiger charge is -2.16. The van der Waals surface area contributed by atoms with Crippen LogP contribution in [0.25, 0.3) is 0 Å². The normalized spacial score (nSPS) is 16.5. The van der Waals surface area contributed by atoms with Gasteiger partial charge in [-0.3, -0.25) is 5.41 Å². The smallest absolute Gasteiger partial charge is 0.132 e. The van der Waals surface area contributed by atoms with Crippen LogP contribution in [-0.2, 0) is 0 Å². The molecule has 0 radical (unpaired) electrons. The van der Waals surface area contributed by atoms with Crippen LogP contribution in [0.4, 0.5) is 0 Å². The number of nitrogens with two attached hydrogens (primary N) is 1. The SMILES string of the molecule is CSc1ccccc1OCC1(CC(=N)N)CC1. The zero-order valence-corrected chi connectivity index (χ0v) is 10.8. The Hall–Kier alpha value is -1.16. The molecule has 1 aromatic carbocycles. The minimum Gasteiger partial charge on any atom is -0.492 e. The largest absolute Gasteiger partial charge is 0.492 e. The highest BCUT2D eigenvalue weighted by atomic mass is 32.2. The summed E-state index contributed by atoms with van der Waals surface area (Å²) in [4.78, 5) is 1.16. The Balaban J connectivity index is 1.96. The highest BCUT2D eigenvalue weighted by Gasteiger charge is 2.44. The van der Waals surface area contributed by atoms with Gasteiger partial charge in [-0.15, -0.1) is 11.8 Å². The van der Waals surface area contributed by atoms with Gasteiger partial charge in [0.25, 0.3) is 0 Å². The van der Waals surface area contributed by atoms with E-state index in [0.29, 0.717) is 13.0 Å². The van der Waals surface area contributed by atoms with E-state index in [4.69, 9.17) is 15.9 Å². The molecule has 1 saturated carbocycles. The van der Waals surface area contributed by atoms with E-state index in [-0.39, 0.29) is 11.3 Å². The molecular weight excluding hydrogens is 232 g/mol. The van der Waals surface area contributed by atoms with E-state index >= 15 is 0 Å². The summed E-state index contributed by atoms with van der Waals surface area (Å²) in [6.45, 7) is 0.671. The van der Waals surface area contributed by atoms with Crippen molar-refractivity contribution in [3.8, 4) is 5.75 Å². The number of hydrogen-bond acceptors (Lipinski definition) is 3. The van der Waals surface area contributed by atoms with Crippen molar-refractivity contribution in [3.63, 3.8) is 0 Å². The fraction of sp³-hybridized carbons (Fsp3) is 0.462. The number of benzene rings is 1. The number of para-hydroxylation sites is 1. The first-order valence-electron chi connectivity index (χ1n) is 5.74. The minimum absolute atomic E-state index is 0.136. The fourth-order valence-corrected chi connectivity index (χ4v) is 2.46. The summed E-state index contributed by atoms with van der Waals surface area (Å²) in [5.74, 6) is 1.21. The molecule has 0 spiro atoms. The predicted molar refractivity (Wildman–Crippen MR) is 71.9 cm³/mol. The third-order valence-electron chi connectivity index (χ3n) is 3.13. The molecule has 1 fully saturated rings. The van der Waals surface area contributed by atoms with Crippen LogP contribution in [0.3, 0.4) is 0 Å². The van der Waals surface area contributed by atoms with Gasteiger partial charge in [-0.1, -0.05) is 12.1 Å². The van der Waals surface area contributed by atoms with Crippen molar-refractivity contribution in [2.75, 3.05) is 12.9 Å². The van der Waals surface area contributed by atoms with Gasteiger partial charge in [0.2, 0.25) is 0 Å². The Bertz CT molecular complexity index is 416. The van der Waals surface area contributed by atoms with Crippen molar-refractivity contribution >= 4 is 17.6 Å². The number of thioether (sulfide) groups is 1. The second kappa shape index (κ2) is 5.00. The van der Waals surface area contributed by atoms with Crippen LogP contribution in [0.1, 0.15) is 19.3 Å². The van der Waals surface area contributed by atoms with E-state index in [0.717, 1.165) is 23.5 Å². The Kier molecular flexibility index (Phi) is 3.62. The standard InChI is InChI=1S/C13H18N2OS/c1-17-11-5-3-2-4-10(11)16-9-13(6-7-13)8-12(14)15/h2-5H,6-9H2,1H3,(H3,14,15). The van der Waals surface area contributed by atoms with Crippen LogP contribution >= 0.6 is 11.8 Å². The van der Waals surface area contributed by atoms with Crippen LogP contribution in [0.5, 0.6) is 5.75 Å². The van der Waals surface area contributed by atoms with Crippen LogP contribution < -0.4 is 10.5 Å². The second-order valence-corrected chi connectivity index (χ2v) is 5.49. The molecule has 0 heterocycles. The van der Waals surface area contributed by atoms with Gasteiger partial charge in [0, 0.05) is 16.7 Å². The average Bonchev–Trinajstić information content (AvgIpc) is 3.06. The van der Waals surface area contributed by atoms with Gasteiger partial charge < -0.3 is 10.5 Å². The molecule has 0 aromatic heterocycles. The highest BCUT2D eigenvalue weighted by Crippen LogP contribution is 2.49. The van der Waals surface area contributed by atoms with Crippen LogP contribution in [0.2, 0.25) is 0 Å². The van der Waals surface area contributed by atoms with Crippen molar-refractivity contribution in [1.29, 1.82) is 5.41 Å². The first-order chi connectivity index (χ1) is 8.15. The Labute approximate surface area is 106 Å². The minimum atomic E-state index is 0.136. The molecule has 1 aliphatic rings. The molecule has 0 bridgehead atoms. The summed E-state index contributed by atoms with van der Waals surface area (Å²) in [7, 11) is 0. The third-order valence-corrected chi connectivity index (χ3v) is 3.90. The number of amidine groups is 1. The molecule has 0 amide bonds. The maximum atomic E-state index is 7.37. The fourth-order valence-electron chi connectivity index (χ4n) is 1.92. The molecule has 17 heavy (non-hydrogen) atoms. The lowest BCUT2D eigenvalue weighted by Crippen LogP contribution is -2.21. The number of hydrogen-bond donors (Lipinski definition) is 2. The number of nitrogens with one attached hydrogen (secondary N) is 1. The molecule has 0 atom stereocenters. The van der Waals surface area contributed by atoms with E-state index in [9.17, 15) is 0 Å². The summed E-state index contributed by atoms with van der Waals surface area (Å²) < 4.78 is 5.88. The highest BCUT2D eigenvalue weighted by molar-refractivity contribution is 7.98. The van der Waals surface area contributed by atoms with Gasteiger partial charge in [0.05, 0.1) is 12.4 Å². The molecule has 2 rings (SSSR count). The molecule has 92 valence electrons. The van der Waals surface area contributed by atoms with Crippen molar-refractivity contribution in [3.05, 3.63) is 24.3 Å². The van der Waals surface area contributed by atoms with Crippen molar-refractivity contribution in [1.82, 2.24) is 0 Å². The van der Waals surface area contributed by atoms with Gasteiger partial charge in [0.15, 0.2) is 0 Å². The average molecular weight is 250 g/mol. The van der Waals surface area contributed by atoms with Crippen molar-refractivity contribution < 1.29 is 4.74 Å². The number of ether oxygens (including phenoxy) is 1. The molecule has 4 heteroatoms. The first kappa shape index (κ1) is 12.3. The van der Waals surface area contributed by atoms with Crippen LogP contribution in [0.15, 0.2) is 29.2 Å². The van der Waals surface area contributed by atoms with Gasteiger partial charge in [-0.2, -0.15) is 0 Å². The summed E-state index contributed by atoms with van der Waals surface area (Å²) in [5, 5.41) is 7.37. The second-order valence-electron chi connectivity index (χ2n) is 4.64. The molecule has 0 unspecified atom stereocenters. The zero-order chi connectivity index (χ0) is 12.3. The Morgan fingerprint density at radius 1 is 1.47 bits per heavy atom.